The summed E-state index contributed by atoms with van der Waals surface area (Å²) in [6.45, 7) is 5.11. The van der Waals surface area contributed by atoms with Gasteiger partial charge >= 0.3 is 0 Å². The number of aryl methyl sites for hydroxylation is 2. The van der Waals surface area contributed by atoms with E-state index in [0.717, 1.165) is 35.1 Å². The molecule has 2 aromatic carbocycles. The van der Waals surface area contributed by atoms with Crippen LogP contribution in [-0.4, -0.2) is 10.5 Å². The first kappa shape index (κ1) is 19.6. The summed E-state index contributed by atoms with van der Waals surface area (Å²) in [5.74, 6) is -0.339. The van der Waals surface area contributed by atoms with E-state index in [9.17, 15) is 9.59 Å². The normalized spacial score (nSPS) is 10.6. The maximum atomic E-state index is 12.9. The number of amides is 1. The summed E-state index contributed by atoms with van der Waals surface area (Å²) >= 11 is 0. The molecule has 0 fully saturated rings. The number of pyridine rings is 1. The molecular formula is C24H26N2O2. The van der Waals surface area contributed by atoms with Crippen LogP contribution in [0.4, 0.5) is 0 Å². The summed E-state index contributed by atoms with van der Waals surface area (Å²) in [5, 5.41) is 2.88. The summed E-state index contributed by atoms with van der Waals surface area (Å²) in [5.41, 5.74) is 3.96. The molecule has 0 saturated carbocycles. The van der Waals surface area contributed by atoms with E-state index in [1.54, 1.807) is 10.6 Å². The molecule has 0 spiro atoms. The minimum atomic E-state index is -0.339. The largest absolute Gasteiger partial charge is 0.348 e. The minimum Gasteiger partial charge on any atom is -0.348 e. The number of unbranched alkanes of at least 4 members (excludes halogenated alkanes) is 1. The number of rotatable bonds is 7. The van der Waals surface area contributed by atoms with Gasteiger partial charge in [-0.2, -0.15) is 0 Å². The van der Waals surface area contributed by atoms with E-state index >= 15 is 0 Å². The van der Waals surface area contributed by atoms with Crippen LogP contribution in [-0.2, 0) is 13.1 Å². The maximum Gasteiger partial charge on any atom is 0.263 e. The Balaban J connectivity index is 1.95. The molecule has 1 amide bonds. The van der Waals surface area contributed by atoms with Crippen molar-refractivity contribution in [1.29, 1.82) is 0 Å². The van der Waals surface area contributed by atoms with Gasteiger partial charge in [-0.1, -0.05) is 73.5 Å². The van der Waals surface area contributed by atoms with E-state index in [1.165, 1.54) is 0 Å². The van der Waals surface area contributed by atoms with Crippen LogP contribution in [0.3, 0.4) is 0 Å². The van der Waals surface area contributed by atoms with Crippen molar-refractivity contribution in [3.63, 3.8) is 0 Å². The van der Waals surface area contributed by atoms with Crippen molar-refractivity contribution in [3.05, 3.63) is 93.9 Å². The first-order chi connectivity index (χ1) is 13.6. The molecule has 0 atom stereocenters. The highest BCUT2D eigenvalue weighted by Crippen LogP contribution is 2.20. The van der Waals surface area contributed by atoms with Crippen molar-refractivity contribution < 1.29 is 4.79 Å². The summed E-state index contributed by atoms with van der Waals surface area (Å²) in [6.07, 6.45) is 3.74. The predicted molar refractivity (Wildman–Crippen MR) is 113 cm³/mol. The molecule has 0 radical (unpaired) electrons. The predicted octanol–water partition coefficient (Wildman–Crippen LogP) is 4.55. The molecule has 1 N–H and O–H groups in total. The number of nitrogens with one attached hydrogen (secondary N) is 1. The third kappa shape index (κ3) is 4.77. The number of benzene rings is 2. The van der Waals surface area contributed by atoms with Gasteiger partial charge in [-0.15, -0.1) is 0 Å². The second kappa shape index (κ2) is 9.18. The van der Waals surface area contributed by atoms with Crippen molar-refractivity contribution in [3.8, 4) is 11.1 Å². The second-order valence-corrected chi connectivity index (χ2v) is 7.03. The molecule has 0 bridgehead atoms. The standard InChI is InChI=1S/C24H26N2O2/c1-3-4-13-26-17-21(20-12-8-9-18(2)14-20)15-22(24(26)28)23(27)25-16-19-10-6-5-7-11-19/h5-12,14-15,17H,3-4,13,16H2,1-2H3,(H,25,27). The van der Waals surface area contributed by atoms with Gasteiger partial charge in [0, 0.05) is 19.3 Å². The Morgan fingerprint density at radius 3 is 2.50 bits per heavy atom. The lowest BCUT2D eigenvalue weighted by Gasteiger charge is -2.13. The van der Waals surface area contributed by atoms with E-state index < -0.39 is 0 Å². The van der Waals surface area contributed by atoms with Crippen molar-refractivity contribution in [1.82, 2.24) is 9.88 Å². The van der Waals surface area contributed by atoms with Crippen LogP contribution in [0.15, 0.2) is 71.7 Å². The minimum absolute atomic E-state index is 0.186. The first-order valence-electron chi connectivity index (χ1n) is 9.72. The van der Waals surface area contributed by atoms with E-state index in [1.807, 2.05) is 61.7 Å². The second-order valence-electron chi connectivity index (χ2n) is 7.03. The van der Waals surface area contributed by atoms with E-state index in [2.05, 4.69) is 18.3 Å². The smallest absolute Gasteiger partial charge is 0.263 e. The number of aromatic nitrogens is 1. The number of carbonyl (C=O) groups excluding carboxylic acids is 1. The summed E-state index contributed by atoms with van der Waals surface area (Å²) in [6, 6.07) is 19.5. The molecule has 28 heavy (non-hydrogen) atoms. The van der Waals surface area contributed by atoms with Crippen LogP contribution < -0.4 is 10.9 Å². The van der Waals surface area contributed by atoms with Gasteiger partial charge in [0.1, 0.15) is 5.56 Å². The molecule has 3 aromatic rings. The highest BCUT2D eigenvalue weighted by atomic mass is 16.2. The van der Waals surface area contributed by atoms with Gasteiger partial charge in [0.05, 0.1) is 0 Å². The molecule has 1 heterocycles. The fourth-order valence-electron chi connectivity index (χ4n) is 3.15. The Hall–Kier alpha value is -3.14. The van der Waals surface area contributed by atoms with Crippen molar-refractivity contribution >= 4 is 5.91 Å². The Kier molecular flexibility index (Phi) is 6.43. The molecule has 3 rings (SSSR count). The molecule has 1 aromatic heterocycles. The molecule has 144 valence electrons. The van der Waals surface area contributed by atoms with Crippen molar-refractivity contribution in [2.75, 3.05) is 0 Å². The van der Waals surface area contributed by atoms with Gasteiger partial charge in [-0.3, -0.25) is 9.59 Å². The summed E-state index contributed by atoms with van der Waals surface area (Å²) in [4.78, 5) is 25.7. The molecule has 4 nitrogen and oxygen atoms in total. The van der Waals surface area contributed by atoms with Crippen LogP contribution in [0.5, 0.6) is 0 Å². The maximum absolute atomic E-state index is 12.9. The number of hydrogen-bond donors (Lipinski definition) is 1. The highest BCUT2D eigenvalue weighted by Gasteiger charge is 2.15. The fourth-order valence-corrected chi connectivity index (χ4v) is 3.15. The van der Waals surface area contributed by atoms with Crippen molar-refractivity contribution in [2.45, 2.75) is 39.8 Å². The number of carbonyl (C=O) groups is 1. The molecule has 0 saturated heterocycles. The monoisotopic (exact) mass is 374 g/mol. The highest BCUT2D eigenvalue weighted by molar-refractivity contribution is 5.95. The lowest BCUT2D eigenvalue weighted by Crippen LogP contribution is -2.33. The van der Waals surface area contributed by atoms with Crippen LogP contribution in [0, 0.1) is 6.92 Å². The van der Waals surface area contributed by atoms with Crippen LogP contribution >= 0.6 is 0 Å². The topological polar surface area (TPSA) is 51.1 Å². The Morgan fingerprint density at radius 1 is 1.00 bits per heavy atom. The average Bonchev–Trinajstić information content (AvgIpc) is 2.72. The van der Waals surface area contributed by atoms with Gasteiger partial charge in [-0.05, 0) is 36.1 Å². The Morgan fingerprint density at radius 2 is 1.79 bits per heavy atom. The van der Waals surface area contributed by atoms with Gasteiger partial charge in [0.2, 0.25) is 0 Å². The van der Waals surface area contributed by atoms with Gasteiger partial charge < -0.3 is 9.88 Å². The van der Waals surface area contributed by atoms with Gasteiger partial charge in [0.15, 0.2) is 0 Å². The Labute approximate surface area is 165 Å². The van der Waals surface area contributed by atoms with Crippen LogP contribution in [0.25, 0.3) is 11.1 Å². The van der Waals surface area contributed by atoms with E-state index in [0.29, 0.717) is 13.1 Å². The average molecular weight is 374 g/mol. The van der Waals surface area contributed by atoms with Crippen LogP contribution in [0.2, 0.25) is 0 Å². The van der Waals surface area contributed by atoms with Gasteiger partial charge in [-0.25, -0.2) is 0 Å². The van der Waals surface area contributed by atoms with Crippen LogP contribution in [0.1, 0.15) is 41.3 Å². The quantitative estimate of drug-likeness (QED) is 0.659. The molecule has 0 aliphatic heterocycles. The van der Waals surface area contributed by atoms with Gasteiger partial charge in [0.25, 0.3) is 11.5 Å². The van der Waals surface area contributed by atoms with Crippen molar-refractivity contribution in [2.24, 2.45) is 0 Å². The molecule has 4 heteroatoms. The zero-order valence-corrected chi connectivity index (χ0v) is 16.4. The third-order valence-corrected chi connectivity index (χ3v) is 4.73. The number of hydrogen-bond acceptors (Lipinski definition) is 2. The first-order valence-corrected chi connectivity index (χ1v) is 9.72. The molecule has 0 aliphatic carbocycles. The fraction of sp³-hybridized carbons (Fsp3) is 0.250. The molecular weight excluding hydrogens is 348 g/mol. The van der Waals surface area contributed by atoms with E-state index in [4.69, 9.17) is 0 Å². The summed E-state index contributed by atoms with van der Waals surface area (Å²) in [7, 11) is 0. The van der Waals surface area contributed by atoms with E-state index in [-0.39, 0.29) is 17.0 Å². The molecule has 0 aliphatic rings. The summed E-state index contributed by atoms with van der Waals surface area (Å²) < 4.78 is 1.67. The lowest BCUT2D eigenvalue weighted by molar-refractivity contribution is 0.0949. The zero-order chi connectivity index (χ0) is 19.9. The third-order valence-electron chi connectivity index (χ3n) is 4.73. The SMILES string of the molecule is CCCCn1cc(-c2cccc(C)c2)cc(C(=O)NCc2ccccc2)c1=O. The lowest BCUT2D eigenvalue weighted by atomic mass is 10.0. The Bertz CT molecular complexity index is 1010. The molecule has 0 unspecified atom stereocenters. The zero-order valence-electron chi connectivity index (χ0n) is 16.4. The number of nitrogens with zero attached hydrogens (tertiary/aromatic N) is 1.